The van der Waals surface area contributed by atoms with Crippen molar-refractivity contribution in [1.82, 2.24) is 0 Å². The minimum absolute atomic E-state index is 0.00997. The lowest BCUT2D eigenvalue weighted by Gasteiger charge is -2.62. The highest BCUT2D eigenvalue weighted by Gasteiger charge is 2.76. The van der Waals surface area contributed by atoms with E-state index in [0.29, 0.717) is 0 Å². The van der Waals surface area contributed by atoms with Crippen LogP contribution in [0.25, 0.3) is 0 Å². The molecule has 222 valence electrons. The second kappa shape index (κ2) is 9.78. The maximum atomic E-state index is 17.5. The number of hydrogen-bond acceptors (Lipinski definition) is 6. The highest BCUT2D eigenvalue weighted by atomic mass is 19.2. The number of hydrogen-bond donors (Lipinski definition) is 1. The molecule has 0 unspecified atom stereocenters. The summed E-state index contributed by atoms with van der Waals surface area (Å²) in [7, 11) is 0. The summed E-state index contributed by atoms with van der Waals surface area (Å²) in [4.78, 5) is 38.4. The molecule has 3 saturated carbocycles. The first-order chi connectivity index (χ1) is 19.1. The van der Waals surface area contributed by atoms with Gasteiger partial charge in [0.2, 0.25) is 5.78 Å². The number of ether oxygens (including phenoxy) is 2. The molecule has 0 saturated heterocycles. The van der Waals surface area contributed by atoms with Crippen LogP contribution in [0.2, 0.25) is 0 Å². The fourth-order valence-corrected chi connectivity index (χ4v) is 8.45. The summed E-state index contributed by atoms with van der Waals surface area (Å²) in [6.07, 6.45) is -2.74. The van der Waals surface area contributed by atoms with Crippen molar-refractivity contribution >= 4 is 17.7 Å². The van der Waals surface area contributed by atoms with Crippen molar-refractivity contribution in [3.63, 3.8) is 0 Å². The van der Waals surface area contributed by atoms with Crippen LogP contribution in [0.15, 0.2) is 47.8 Å². The van der Waals surface area contributed by atoms with E-state index in [1.807, 2.05) is 0 Å². The molecule has 6 nitrogen and oxygen atoms in total. The molecule has 4 aliphatic rings. The molecule has 1 aromatic carbocycles. The molecule has 0 bridgehead atoms. The molecule has 0 aromatic heterocycles. The van der Waals surface area contributed by atoms with E-state index in [1.54, 1.807) is 19.9 Å². The molecule has 3 fully saturated rings. The Morgan fingerprint density at radius 3 is 2.44 bits per heavy atom. The molecule has 0 amide bonds. The summed E-state index contributed by atoms with van der Waals surface area (Å²) in [6.45, 7) is 5.64. The first-order valence-corrected chi connectivity index (χ1v) is 13.9. The van der Waals surface area contributed by atoms with E-state index in [1.165, 1.54) is 32.0 Å². The minimum atomic E-state index is -2.59. The molecule has 0 heterocycles. The molecule has 0 aliphatic heterocycles. The van der Waals surface area contributed by atoms with Crippen LogP contribution in [0, 0.1) is 34.4 Å². The molecule has 9 atom stereocenters. The third kappa shape index (κ3) is 4.11. The van der Waals surface area contributed by atoms with Gasteiger partial charge in [-0.05, 0) is 56.6 Å². The van der Waals surface area contributed by atoms with E-state index in [2.05, 4.69) is 0 Å². The predicted octanol–water partition coefficient (Wildman–Crippen LogP) is 5.42. The number of rotatable bonds is 5. The molecule has 1 aromatic rings. The number of aliphatic hydroxyl groups is 1. The highest BCUT2D eigenvalue weighted by Crippen LogP contribution is 2.71. The van der Waals surface area contributed by atoms with E-state index >= 15 is 8.78 Å². The monoisotopic (exact) mass is 578 g/mol. The van der Waals surface area contributed by atoms with Crippen molar-refractivity contribution in [3.8, 4) is 0 Å². The zero-order chi connectivity index (χ0) is 30.1. The summed E-state index contributed by atoms with van der Waals surface area (Å²) in [5, 5.41) is 11.5. The normalized spacial score (nSPS) is 41.4. The maximum Gasteiger partial charge on any atom is 0.313 e. The Morgan fingerprint density at radius 2 is 1.78 bits per heavy atom. The smallest absolute Gasteiger partial charge is 0.313 e. The van der Waals surface area contributed by atoms with Crippen LogP contribution in [0.3, 0.4) is 0 Å². The number of aliphatic hydroxyl groups excluding tert-OH is 1. The molecular weight excluding hydrogens is 544 g/mol. The quantitative estimate of drug-likeness (QED) is 0.371. The van der Waals surface area contributed by atoms with Gasteiger partial charge in [-0.25, -0.2) is 17.6 Å². The van der Waals surface area contributed by atoms with Gasteiger partial charge in [0.15, 0.2) is 11.5 Å². The fraction of sp³-hybridized carbons (Fsp3) is 0.581. The van der Waals surface area contributed by atoms with Crippen molar-refractivity contribution in [2.24, 2.45) is 28.6 Å². The molecule has 1 N–H and O–H groups in total. The van der Waals surface area contributed by atoms with Crippen LogP contribution in [-0.2, 0) is 30.5 Å². The topological polar surface area (TPSA) is 89.9 Å². The number of esters is 2. The minimum Gasteiger partial charge on any atom is -0.460 e. The van der Waals surface area contributed by atoms with Gasteiger partial charge in [-0.15, -0.1) is 0 Å². The third-order valence-electron chi connectivity index (χ3n) is 10.2. The van der Waals surface area contributed by atoms with Crippen LogP contribution in [0.5, 0.6) is 0 Å². The fourth-order valence-electron chi connectivity index (χ4n) is 8.45. The molecule has 4 aliphatic carbocycles. The Bertz CT molecular complexity index is 1360. The number of alkyl halides is 2. The summed E-state index contributed by atoms with van der Waals surface area (Å²) in [5.41, 5.74) is -7.81. The van der Waals surface area contributed by atoms with Gasteiger partial charge in [-0.1, -0.05) is 38.1 Å². The van der Waals surface area contributed by atoms with E-state index in [0.717, 1.165) is 12.2 Å². The average molecular weight is 579 g/mol. The Labute approximate surface area is 235 Å². The summed E-state index contributed by atoms with van der Waals surface area (Å²) in [6, 6.07) is 5.75. The van der Waals surface area contributed by atoms with E-state index < -0.39 is 100 Å². The van der Waals surface area contributed by atoms with Crippen molar-refractivity contribution in [2.45, 2.75) is 83.5 Å². The van der Waals surface area contributed by atoms with Gasteiger partial charge in [0.25, 0.3) is 0 Å². The van der Waals surface area contributed by atoms with E-state index in [-0.39, 0.29) is 24.8 Å². The first-order valence-electron chi connectivity index (χ1n) is 13.9. The number of fused-ring (bicyclic) bond motifs is 5. The van der Waals surface area contributed by atoms with Gasteiger partial charge in [-0.2, -0.15) is 0 Å². The van der Waals surface area contributed by atoms with Crippen LogP contribution in [0.4, 0.5) is 17.6 Å². The van der Waals surface area contributed by atoms with Gasteiger partial charge in [0.05, 0.1) is 6.10 Å². The SMILES string of the molecule is CCC(=O)O[C@@]1(C)C[C@H]2[C@@H]3C[C@H](F)C4=C(F)C(=O)C=C[C@]4(C)[C@@]3(F)[C@@H](O)C[C@]2(C)[C@H]1C(=O)OCc1ccccc1F. The van der Waals surface area contributed by atoms with E-state index in [9.17, 15) is 28.3 Å². The predicted molar refractivity (Wildman–Crippen MR) is 139 cm³/mol. The molecule has 41 heavy (non-hydrogen) atoms. The Hall–Kier alpha value is -3.01. The van der Waals surface area contributed by atoms with Crippen LogP contribution in [-0.4, -0.2) is 46.4 Å². The standard InChI is InChI=1S/C31H34F4O6/c1-5-23(38)41-30(4)13-18-17-12-20(33)24-25(34)21(36)10-11-29(24,3)31(17,35)22(37)14-28(18,2)26(30)27(39)40-15-16-8-6-7-9-19(16)32/h6-11,17-18,20,22,26,37H,5,12-15H2,1-4H3/t17-,18-,20-,22-,26+,28-,29-,30-,31-/m0/s1. The van der Waals surface area contributed by atoms with E-state index in [4.69, 9.17) is 9.47 Å². The number of carbonyl (C=O) groups is 3. The number of allylic oxidation sites excluding steroid dienone is 4. The number of benzene rings is 1. The second-order valence-electron chi connectivity index (χ2n) is 12.5. The largest absolute Gasteiger partial charge is 0.460 e. The molecule has 0 spiro atoms. The molecular formula is C31H34F4O6. The first kappa shape index (κ1) is 29.5. The molecule has 0 radical (unpaired) electrons. The van der Waals surface area contributed by atoms with Gasteiger partial charge in [0, 0.05) is 28.9 Å². The maximum absolute atomic E-state index is 17.5. The summed E-state index contributed by atoms with van der Waals surface area (Å²) >= 11 is 0. The lowest BCUT2D eigenvalue weighted by atomic mass is 9.45. The van der Waals surface area contributed by atoms with Crippen molar-refractivity contribution in [1.29, 1.82) is 0 Å². The zero-order valence-corrected chi connectivity index (χ0v) is 23.4. The van der Waals surface area contributed by atoms with Gasteiger partial charge < -0.3 is 14.6 Å². The third-order valence-corrected chi connectivity index (χ3v) is 10.2. The van der Waals surface area contributed by atoms with Crippen molar-refractivity contribution in [3.05, 3.63) is 59.2 Å². The number of halogens is 4. The number of carbonyl (C=O) groups excluding carboxylic acids is 3. The van der Waals surface area contributed by atoms with Gasteiger partial charge >= 0.3 is 11.9 Å². The number of ketones is 1. The highest BCUT2D eigenvalue weighted by molar-refractivity contribution is 6.04. The lowest BCUT2D eigenvalue weighted by Crippen LogP contribution is -2.68. The van der Waals surface area contributed by atoms with Crippen LogP contribution < -0.4 is 0 Å². The van der Waals surface area contributed by atoms with Crippen LogP contribution in [0.1, 0.15) is 58.9 Å². The Balaban J connectivity index is 1.57. The van der Waals surface area contributed by atoms with Gasteiger partial charge in [0.1, 0.15) is 30.1 Å². The summed E-state index contributed by atoms with van der Waals surface area (Å²) in [5.74, 6) is -7.67. The lowest BCUT2D eigenvalue weighted by molar-refractivity contribution is -0.207. The Morgan fingerprint density at radius 1 is 1.10 bits per heavy atom. The van der Waals surface area contributed by atoms with Crippen LogP contribution >= 0.6 is 0 Å². The zero-order valence-electron chi connectivity index (χ0n) is 23.4. The second-order valence-corrected chi connectivity index (χ2v) is 12.5. The van der Waals surface area contributed by atoms with Crippen molar-refractivity contribution < 1.29 is 46.5 Å². The summed E-state index contributed by atoms with van der Waals surface area (Å²) < 4.78 is 73.8. The molecule has 5 rings (SSSR count). The van der Waals surface area contributed by atoms with Gasteiger partial charge in [-0.3, -0.25) is 14.4 Å². The Kier molecular flexibility index (Phi) is 7.03. The molecule has 10 heteroatoms. The average Bonchev–Trinajstić information content (AvgIpc) is 3.13. The van der Waals surface area contributed by atoms with Crippen molar-refractivity contribution in [2.75, 3.05) is 0 Å².